The zero-order valence-electron chi connectivity index (χ0n) is 13.0. The van der Waals surface area contributed by atoms with Crippen LogP contribution in [0.1, 0.15) is 5.56 Å². The molecule has 6 nitrogen and oxygen atoms in total. The van der Waals surface area contributed by atoms with Gasteiger partial charge in [0.1, 0.15) is 5.82 Å². The standard InChI is InChI=1S/C15H14Cl2F2N6/c1-25-7-8(5-22-25)23-14-21-6-12(18)15(20,24-14)4-9-10(16)2-3-11(17)13(9)19/h2-3,5-7H,4,20H2,1H3,(H2,21,23,24). The van der Waals surface area contributed by atoms with Gasteiger partial charge in [-0.1, -0.05) is 23.2 Å². The Morgan fingerprint density at radius 1 is 1.32 bits per heavy atom. The zero-order valence-corrected chi connectivity index (χ0v) is 14.5. The molecule has 2 aromatic rings. The number of aromatic nitrogens is 2. The summed E-state index contributed by atoms with van der Waals surface area (Å²) in [5.74, 6) is -1.32. The van der Waals surface area contributed by atoms with E-state index in [9.17, 15) is 8.78 Å². The first-order chi connectivity index (χ1) is 11.8. The highest BCUT2D eigenvalue weighted by molar-refractivity contribution is 6.33. The van der Waals surface area contributed by atoms with Crippen molar-refractivity contribution in [3.8, 4) is 0 Å². The Kier molecular flexibility index (Phi) is 4.68. The van der Waals surface area contributed by atoms with Crippen LogP contribution in [0.2, 0.25) is 10.0 Å². The number of guanidine groups is 1. The highest BCUT2D eigenvalue weighted by Crippen LogP contribution is 2.32. The van der Waals surface area contributed by atoms with Crippen LogP contribution in [-0.2, 0) is 13.5 Å². The van der Waals surface area contributed by atoms with Gasteiger partial charge in [-0.15, -0.1) is 0 Å². The SMILES string of the molecule is Cn1cc(NC2=NC(N)(Cc3c(Cl)ccc(Cl)c3F)C(F)=CN2)cn1. The molecule has 0 saturated carbocycles. The Morgan fingerprint density at radius 3 is 2.72 bits per heavy atom. The monoisotopic (exact) mass is 386 g/mol. The fourth-order valence-corrected chi connectivity index (χ4v) is 2.74. The van der Waals surface area contributed by atoms with Crippen LogP contribution in [0.3, 0.4) is 0 Å². The molecule has 2 heterocycles. The van der Waals surface area contributed by atoms with Gasteiger partial charge in [0.25, 0.3) is 0 Å². The molecule has 0 bridgehead atoms. The molecule has 0 radical (unpaired) electrons. The van der Waals surface area contributed by atoms with E-state index in [4.69, 9.17) is 28.9 Å². The van der Waals surface area contributed by atoms with Gasteiger partial charge in [-0.25, -0.2) is 13.8 Å². The van der Waals surface area contributed by atoms with Gasteiger partial charge in [0.2, 0.25) is 5.96 Å². The first-order valence-electron chi connectivity index (χ1n) is 7.18. The number of anilines is 1. The molecule has 0 spiro atoms. The van der Waals surface area contributed by atoms with Crippen LogP contribution in [0.15, 0.2) is 41.5 Å². The topological polar surface area (TPSA) is 80.3 Å². The van der Waals surface area contributed by atoms with Crippen LogP contribution >= 0.6 is 23.2 Å². The van der Waals surface area contributed by atoms with E-state index in [0.717, 1.165) is 6.20 Å². The quantitative estimate of drug-likeness (QED) is 0.708. The Hall–Kier alpha value is -2.16. The van der Waals surface area contributed by atoms with Gasteiger partial charge in [0.05, 0.1) is 16.9 Å². The maximum Gasteiger partial charge on any atom is 0.202 e. The number of halogens is 4. The number of aliphatic imine (C=N–C) groups is 1. The molecule has 0 amide bonds. The molecule has 0 aliphatic carbocycles. The fraction of sp³-hybridized carbons (Fsp3) is 0.200. The zero-order chi connectivity index (χ0) is 18.2. The number of nitrogens with one attached hydrogen (secondary N) is 2. The predicted octanol–water partition coefficient (Wildman–Crippen LogP) is 2.95. The van der Waals surface area contributed by atoms with Crippen LogP contribution in [0, 0.1) is 5.82 Å². The van der Waals surface area contributed by atoms with Gasteiger partial charge in [-0.05, 0) is 12.1 Å². The molecule has 1 aliphatic heterocycles. The molecule has 0 saturated heterocycles. The van der Waals surface area contributed by atoms with Gasteiger partial charge in [-0.3, -0.25) is 4.68 Å². The third kappa shape index (κ3) is 3.60. The van der Waals surface area contributed by atoms with E-state index in [0.29, 0.717) is 5.69 Å². The highest BCUT2D eigenvalue weighted by atomic mass is 35.5. The van der Waals surface area contributed by atoms with Crippen molar-refractivity contribution >= 4 is 34.8 Å². The molecule has 1 aromatic carbocycles. The van der Waals surface area contributed by atoms with Crippen molar-refractivity contribution in [3.05, 3.63) is 58.0 Å². The van der Waals surface area contributed by atoms with Crippen molar-refractivity contribution in [1.29, 1.82) is 0 Å². The predicted molar refractivity (Wildman–Crippen MR) is 93.6 cm³/mol. The molecule has 132 valence electrons. The fourth-order valence-electron chi connectivity index (χ4n) is 2.35. The first kappa shape index (κ1) is 17.7. The number of rotatable bonds is 3. The van der Waals surface area contributed by atoms with Crippen molar-refractivity contribution in [3.63, 3.8) is 0 Å². The van der Waals surface area contributed by atoms with Crippen LogP contribution in [-0.4, -0.2) is 21.4 Å². The molecule has 1 unspecified atom stereocenters. The van der Waals surface area contributed by atoms with E-state index in [-0.39, 0.29) is 28.0 Å². The van der Waals surface area contributed by atoms with E-state index in [1.807, 2.05) is 0 Å². The summed E-state index contributed by atoms with van der Waals surface area (Å²) >= 11 is 11.8. The van der Waals surface area contributed by atoms with Crippen LogP contribution < -0.4 is 16.4 Å². The normalized spacial score (nSPS) is 19.9. The Bertz CT molecular complexity index is 879. The summed E-state index contributed by atoms with van der Waals surface area (Å²) in [6.45, 7) is 0. The summed E-state index contributed by atoms with van der Waals surface area (Å²) in [4.78, 5) is 4.13. The number of hydrogen-bond acceptors (Lipinski definition) is 5. The maximum absolute atomic E-state index is 14.3. The average molecular weight is 387 g/mol. The third-order valence-corrected chi connectivity index (χ3v) is 4.26. The molecule has 4 N–H and O–H groups in total. The van der Waals surface area contributed by atoms with Crippen molar-refractivity contribution in [2.75, 3.05) is 5.32 Å². The van der Waals surface area contributed by atoms with E-state index < -0.39 is 17.3 Å². The van der Waals surface area contributed by atoms with E-state index in [1.165, 1.54) is 12.1 Å². The lowest BCUT2D eigenvalue weighted by molar-refractivity contribution is 0.392. The number of aryl methyl sites for hydroxylation is 1. The molecule has 10 heteroatoms. The Balaban J connectivity index is 1.91. The molecule has 0 fully saturated rings. The van der Waals surface area contributed by atoms with E-state index in [2.05, 4.69) is 20.7 Å². The lowest BCUT2D eigenvalue weighted by Gasteiger charge is -2.29. The van der Waals surface area contributed by atoms with Gasteiger partial charge in [0, 0.05) is 36.5 Å². The number of hydrogen-bond donors (Lipinski definition) is 3. The molecule has 1 atom stereocenters. The summed E-state index contributed by atoms with van der Waals surface area (Å²) in [5.41, 5.74) is 4.86. The van der Waals surface area contributed by atoms with Crippen molar-refractivity contribution in [1.82, 2.24) is 15.1 Å². The molecule has 1 aliphatic rings. The van der Waals surface area contributed by atoms with Gasteiger partial charge < -0.3 is 16.4 Å². The third-order valence-electron chi connectivity index (χ3n) is 3.61. The Morgan fingerprint density at radius 2 is 2.04 bits per heavy atom. The minimum atomic E-state index is -1.83. The van der Waals surface area contributed by atoms with E-state index >= 15 is 0 Å². The van der Waals surface area contributed by atoms with Gasteiger partial charge in [-0.2, -0.15) is 5.10 Å². The number of nitrogens with two attached hydrogens (primary N) is 1. The Labute approximate surface area is 152 Å². The molecule has 3 rings (SSSR count). The molecule has 1 aromatic heterocycles. The average Bonchev–Trinajstić information content (AvgIpc) is 2.96. The van der Waals surface area contributed by atoms with Gasteiger partial charge in [0.15, 0.2) is 11.5 Å². The van der Waals surface area contributed by atoms with E-state index in [1.54, 1.807) is 24.1 Å². The van der Waals surface area contributed by atoms with Crippen LogP contribution in [0.4, 0.5) is 14.5 Å². The summed E-state index contributed by atoms with van der Waals surface area (Å²) in [7, 11) is 1.75. The second kappa shape index (κ2) is 6.62. The summed E-state index contributed by atoms with van der Waals surface area (Å²) in [6, 6.07) is 2.74. The summed E-state index contributed by atoms with van der Waals surface area (Å²) in [6.07, 6.45) is 4.01. The summed E-state index contributed by atoms with van der Waals surface area (Å²) < 4.78 is 30.2. The second-order valence-corrected chi connectivity index (χ2v) is 6.36. The van der Waals surface area contributed by atoms with Crippen LogP contribution in [0.25, 0.3) is 0 Å². The van der Waals surface area contributed by atoms with Crippen molar-refractivity contribution in [2.24, 2.45) is 17.8 Å². The van der Waals surface area contributed by atoms with Crippen molar-refractivity contribution < 1.29 is 8.78 Å². The maximum atomic E-state index is 14.3. The molecular weight excluding hydrogens is 373 g/mol. The van der Waals surface area contributed by atoms with Crippen molar-refractivity contribution in [2.45, 2.75) is 12.1 Å². The minimum absolute atomic E-state index is 0.00778. The molecule has 25 heavy (non-hydrogen) atoms. The first-order valence-corrected chi connectivity index (χ1v) is 7.93. The smallest absolute Gasteiger partial charge is 0.202 e. The van der Waals surface area contributed by atoms with Crippen LogP contribution in [0.5, 0.6) is 0 Å². The largest absolute Gasteiger partial charge is 0.330 e. The summed E-state index contributed by atoms with van der Waals surface area (Å²) in [5, 5.41) is 9.53. The number of benzene rings is 1. The minimum Gasteiger partial charge on any atom is -0.330 e. The lowest BCUT2D eigenvalue weighted by atomic mass is 9.98. The second-order valence-electron chi connectivity index (χ2n) is 5.55. The lowest BCUT2D eigenvalue weighted by Crippen LogP contribution is -2.48. The number of nitrogens with zero attached hydrogens (tertiary/aromatic N) is 3. The highest BCUT2D eigenvalue weighted by Gasteiger charge is 2.36. The molecular formula is C15H14Cl2F2N6. The van der Waals surface area contributed by atoms with Gasteiger partial charge >= 0.3 is 0 Å².